The number of sulfone groups is 1. The van der Waals surface area contributed by atoms with Gasteiger partial charge >= 0.3 is 0 Å². The smallest absolute Gasteiger partial charge is 0.214 e. The second kappa shape index (κ2) is 6.86. The van der Waals surface area contributed by atoms with Crippen molar-refractivity contribution in [3.05, 3.63) is 35.6 Å². The topological polar surface area (TPSA) is 71.5 Å². The standard InChI is InChI=1S/C15H22FNO4S2/c1-12(2)11-23(20,21)17-8-7-15(22(18,19)10-9-17)13-5-3-4-6-14(13)16/h3-6,12,15H,7-11H2,1-2H3. The molecular formula is C15H22FNO4S2. The van der Waals surface area contributed by atoms with E-state index in [0.29, 0.717) is 0 Å². The van der Waals surface area contributed by atoms with Gasteiger partial charge in [0, 0.05) is 18.7 Å². The summed E-state index contributed by atoms with van der Waals surface area (Å²) in [6.45, 7) is 3.62. The average Bonchev–Trinajstić information content (AvgIpc) is 2.57. The normalized spacial score (nSPS) is 22.9. The third-order valence-electron chi connectivity index (χ3n) is 3.89. The zero-order valence-corrected chi connectivity index (χ0v) is 14.9. The SMILES string of the molecule is CC(C)CS(=O)(=O)N1CCC(c2ccccc2F)S(=O)(=O)CC1. The first-order chi connectivity index (χ1) is 10.6. The molecule has 1 heterocycles. The molecule has 0 amide bonds. The summed E-state index contributed by atoms with van der Waals surface area (Å²) < 4.78 is 64.8. The number of nitrogens with zero attached hydrogens (tertiary/aromatic N) is 1. The summed E-state index contributed by atoms with van der Waals surface area (Å²) in [5.41, 5.74) is 0.121. The van der Waals surface area contributed by atoms with E-state index in [9.17, 15) is 21.2 Å². The maximum Gasteiger partial charge on any atom is 0.214 e. The Morgan fingerprint density at radius 2 is 1.91 bits per heavy atom. The lowest BCUT2D eigenvalue weighted by molar-refractivity contribution is 0.422. The molecule has 1 aliphatic heterocycles. The van der Waals surface area contributed by atoms with Gasteiger partial charge in [-0.2, -0.15) is 0 Å². The zero-order chi connectivity index (χ0) is 17.3. The number of sulfonamides is 1. The Hall–Kier alpha value is -0.990. The predicted molar refractivity (Wildman–Crippen MR) is 87.7 cm³/mol. The van der Waals surface area contributed by atoms with Crippen LogP contribution in [0.4, 0.5) is 4.39 Å². The van der Waals surface area contributed by atoms with Gasteiger partial charge in [-0.25, -0.2) is 25.5 Å². The van der Waals surface area contributed by atoms with Crippen LogP contribution < -0.4 is 0 Å². The van der Waals surface area contributed by atoms with E-state index in [4.69, 9.17) is 0 Å². The van der Waals surface area contributed by atoms with Gasteiger partial charge < -0.3 is 0 Å². The van der Waals surface area contributed by atoms with E-state index in [2.05, 4.69) is 0 Å². The second-order valence-corrected chi connectivity index (χ2v) is 10.6. The summed E-state index contributed by atoms with van der Waals surface area (Å²) >= 11 is 0. The Bertz CT molecular complexity index is 759. The summed E-state index contributed by atoms with van der Waals surface area (Å²) in [4.78, 5) is 0. The maximum atomic E-state index is 14.0. The van der Waals surface area contributed by atoms with Crippen LogP contribution in [0, 0.1) is 11.7 Å². The first-order valence-electron chi connectivity index (χ1n) is 7.57. The molecule has 0 radical (unpaired) electrons. The molecule has 5 nitrogen and oxygen atoms in total. The Morgan fingerprint density at radius 3 is 2.52 bits per heavy atom. The molecule has 1 aromatic rings. The van der Waals surface area contributed by atoms with Crippen LogP contribution in [0.5, 0.6) is 0 Å². The molecule has 0 N–H and O–H groups in total. The van der Waals surface area contributed by atoms with Crippen LogP contribution in [0.1, 0.15) is 31.1 Å². The number of benzene rings is 1. The van der Waals surface area contributed by atoms with Gasteiger partial charge in [-0.3, -0.25) is 0 Å². The quantitative estimate of drug-likeness (QED) is 0.820. The van der Waals surface area contributed by atoms with E-state index in [1.54, 1.807) is 19.9 Å². The molecular weight excluding hydrogens is 341 g/mol. The number of halogens is 1. The van der Waals surface area contributed by atoms with Crippen molar-refractivity contribution in [2.24, 2.45) is 5.92 Å². The number of hydrogen-bond acceptors (Lipinski definition) is 4. The molecule has 130 valence electrons. The minimum atomic E-state index is -3.60. The van der Waals surface area contributed by atoms with Crippen molar-refractivity contribution in [2.45, 2.75) is 25.5 Å². The lowest BCUT2D eigenvalue weighted by atomic mass is 10.1. The molecule has 1 atom stereocenters. The van der Waals surface area contributed by atoms with Crippen LogP contribution in [0.2, 0.25) is 0 Å². The fourth-order valence-corrected chi connectivity index (χ4v) is 6.54. The van der Waals surface area contributed by atoms with Crippen molar-refractivity contribution >= 4 is 19.9 Å². The van der Waals surface area contributed by atoms with E-state index >= 15 is 0 Å². The Morgan fingerprint density at radius 1 is 1.26 bits per heavy atom. The monoisotopic (exact) mass is 363 g/mol. The summed E-state index contributed by atoms with van der Waals surface area (Å²) in [5, 5.41) is -0.997. The van der Waals surface area contributed by atoms with E-state index < -0.39 is 30.9 Å². The maximum absolute atomic E-state index is 14.0. The van der Waals surface area contributed by atoms with Gasteiger partial charge in [-0.1, -0.05) is 32.0 Å². The zero-order valence-electron chi connectivity index (χ0n) is 13.3. The van der Waals surface area contributed by atoms with Crippen molar-refractivity contribution in [3.63, 3.8) is 0 Å². The molecule has 2 rings (SSSR count). The summed E-state index contributed by atoms with van der Waals surface area (Å²) in [5.74, 6) is -0.914. The fourth-order valence-electron chi connectivity index (χ4n) is 2.81. The average molecular weight is 363 g/mol. The Labute approximate surface area is 137 Å². The first-order valence-corrected chi connectivity index (χ1v) is 10.9. The van der Waals surface area contributed by atoms with E-state index in [1.165, 1.54) is 22.5 Å². The highest BCUT2D eigenvalue weighted by Gasteiger charge is 2.36. The number of rotatable bonds is 4. The molecule has 23 heavy (non-hydrogen) atoms. The summed E-state index contributed by atoms with van der Waals surface area (Å²) in [7, 11) is -7.10. The summed E-state index contributed by atoms with van der Waals surface area (Å²) in [6.07, 6.45) is 0.0700. The molecule has 0 bridgehead atoms. The van der Waals surface area contributed by atoms with E-state index in [0.717, 1.165) is 0 Å². The van der Waals surface area contributed by atoms with Crippen LogP contribution in [-0.4, -0.2) is 45.7 Å². The van der Waals surface area contributed by atoms with Crippen LogP contribution in [-0.2, 0) is 19.9 Å². The van der Waals surface area contributed by atoms with Crippen molar-refractivity contribution in [1.82, 2.24) is 4.31 Å². The number of hydrogen-bond donors (Lipinski definition) is 0. The van der Waals surface area contributed by atoms with Crippen LogP contribution in [0.3, 0.4) is 0 Å². The highest BCUT2D eigenvalue weighted by molar-refractivity contribution is 7.92. The van der Waals surface area contributed by atoms with Gasteiger partial charge in [0.25, 0.3) is 0 Å². The first kappa shape index (κ1) is 18.4. The lowest BCUT2D eigenvalue weighted by Gasteiger charge is -2.20. The highest BCUT2D eigenvalue weighted by atomic mass is 32.2. The minimum Gasteiger partial charge on any atom is -0.228 e. The molecule has 0 spiro atoms. The minimum absolute atomic E-state index is 0.0165. The molecule has 1 unspecified atom stereocenters. The van der Waals surface area contributed by atoms with Gasteiger partial charge in [0.1, 0.15) is 5.82 Å². The molecule has 1 fully saturated rings. The van der Waals surface area contributed by atoms with E-state index in [-0.39, 0.29) is 42.5 Å². The molecule has 1 aliphatic rings. The van der Waals surface area contributed by atoms with Crippen molar-refractivity contribution in [1.29, 1.82) is 0 Å². The van der Waals surface area contributed by atoms with Gasteiger partial charge in [-0.05, 0) is 18.4 Å². The highest BCUT2D eigenvalue weighted by Crippen LogP contribution is 2.31. The van der Waals surface area contributed by atoms with Crippen molar-refractivity contribution in [3.8, 4) is 0 Å². The third kappa shape index (κ3) is 4.30. The van der Waals surface area contributed by atoms with Crippen molar-refractivity contribution in [2.75, 3.05) is 24.6 Å². The molecule has 0 aromatic heterocycles. The predicted octanol–water partition coefficient (Wildman–Crippen LogP) is 1.97. The van der Waals surface area contributed by atoms with Crippen LogP contribution in [0.15, 0.2) is 24.3 Å². The van der Waals surface area contributed by atoms with Gasteiger partial charge in [-0.15, -0.1) is 0 Å². The molecule has 0 aliphatic carbocycles. The van der Waals surface area contributed by atoms with Crippen molar-refractivity contribution < 1.29 is 21.2 Å². The van der Waals surface area contributed by atoms with Gasteiger partial charge in [0.2, 0.25) is 10.0 Å². The Balaban J connectivity index is 2.29. The van der Waals surface area contributed by atoms with Crippen LogP contribution >= 0.6 is 0 Å². The molecule has 1 saturated heterocycles. The lowest BCUT2D eigenvalue weighted by Crippen LogP contribution is -2.36. The second-order valence-electron chi connectivity index (χ2n) is 6.24. The van der Waals surface area contributed by atoms with Gasteiger partial charge in [0.05, 0.1) is 16.8 Å². The summed E-state index contributed by atoms with van der Waals surface area (Å²) in [6, 6.07) is 5.77. The Kier molecular flexibility index (Phi) is 5.48. The van der Waals surface area contributed by atoms with Crippen LogP contribution in [0.25, 0.3) is 0 Å². The van der Waals surface area contributed by atoms with Gasteiger partial charge in [0.15, 0.2) is 9.84 Å². The largest absolute Gasteiger partial charge is 0.228 e. The molecule has 8 heteroatoms. The molecule has 1 aromatic carbocycles. The van der Waals surface area contributed by atoms with E-state index in [1.807, 2.05) is 0 Å². The third-order valence-corrected chi connectivity index (χ3v) is 8.24. The molecule has 0 saturated carbocycles. The fraction of sp³-hybridized carbons (Fsp3) is 0.600.